The lowest BCUT2D eigenvalue weighted by molar-refractivity contribution is -0.00429. The second-order valence-corrected chi connectivity index (χ2v) is 4.46. The molecule has 4 heteroatoms. The SMILES string of the molecule is COc1ccc(N)c(CN2CCOCC2C)c1. The maximum atomic E-state index is 5.99. The smallest absolute Gasteiger partial charge is 0.119 e. The maximum absolute atomic E-state index is 5.99. The minimum atomic E-state index is 0.439. The van der Waals surface area contributed by atoms with Crippen LogP contribution < -0.4 is 10.5 Å². The molecular formula is C13H20N2O2. The Balaban J connectivity index is 2.11. The third kappa shape index (κ3) is 2.90. The zero-order valence-electron chi connectivity index (χ0n) is 10.5. The van der Waals surface area contributed by atoms with Crippen molar-refractivity contribution in [1.29, 1.82) is 0 Å². The molecule has 1 fully saturated rings. The normalized spacial score (nSPS) is 21.4. The number of ether oxygens (including phenoxy) is 2. The molecule has 94 valence electrons. The standard InChI is InChI=1S/C13H20N2O2/c1-10-9-17-6-5-15(10)8-11-7-12(16-2)3-4-13(11)14/h3-4,7,10H,5-6,8-9,14H2,1-2H3. The van der Waals surface area contributed by atoms with Crippen LogP contribution in [0.3, 0.4) is 0 Å². The van der Waals surface area contributed by atoms with Crippen LogP contribution in [0.4, 0.5) is 5.69 Å². The molecule has 2 rings (SSSR count). The van der Waals surface area contributed by atoms with E-state index in [-0.39, 0.29) is 0 Å². The predicted molar refractivity (Wildman–Crippen MR) is 68.1 cm³/mol. The largest absolute Gasteiger partial charge is 0.497 e. The van der Waals surface area contributed by atoms with E-state index in [1.165, 1.54) is 0 Å². The van der Waals surface area contributed by atoms with Crippen molar-refractivity contribution >= 4 is 5.69 Å². The molecule has 0 aliphatic carbocycles. The number of rotatable bonds is 3. The molecule has 1 aliphatic rings. The van der Waals surface area contributed by atoms with Gasteiger partial charge in [0.15, 0.2) is 0 Å². The molecule has 0 aromatic heterocycles. The molecule has 1 saturated heterocycles. The van der Waals surface area contributed by atoms with Gasteiger partial charge in [0.1, 0.15) is 5.75 Å². The third-order valence-electron chi connectivity index (χ3n) is 3.23. The first-order valence-corrected chi connectivity index (χ1v) is 5.95. The number of anilines is 1. The minimum Gasteiger partial charge on any atom is -0.497 e. The van der Waals surface area contributed by atoms with Crippen molar-refractivity contribution in [2.24, 2.45) is 0 Å². The molecule has 17 heavy (non-hydrogen) atoms. The van der Waals surface area contributed by atoms with Gasteiger partial charge < -0.3 is 15.2 Å². The minimum absolute atomic E-state index is 0.439. The van der Waals surface area contributed by atoms with Crippen molar-refractivity contribution in [2.45, 2.75) is 19.5 Å². The van der Waals surface area contributed by atoms with Crippen molar-refractivity contribution in [2.75, 3.05) is 32.6 Å². The van der Waals surface area contributed by atoms with Gasteiger partial charge in [-0.1, -0.05) is 0 Å². The molecule has 0 spiro atoms. The highest BCUT2D eigenvalue weighted by Gasteiger charge is 2.19. The molecule has 1 heterocycles. The molecule has 0 radical (unpaired) electrons. The predicted octanol–water partition coefficient (Wildman–Crippen LogP) is 1.50. The Kier molecular flexibility index (Phi) is 3.86. The van der Waals surface area contributed by atoms with Crippen molar-refractivity contribution in [3.8, 4) is 5.75 Å². The number of hydrogen-bond acceptors (Lipinski definition) is 4. The van der Waals surface area contributed by atoms with Crippen LogP contribution in [0.15, 0.2) is 18.2 Å². The van der Waals surface area contributed by atoms with Crippen LogP contribution in [-0.2, 0) is 11.3 Å². The summed E-state index contributed by atoms with van der Waals surface area (Å²) in [6.45, 7) is 5.58. The molecule has 1 aromatic rings. The molecule has 1 aromatic carbocycles. The molecule has 2 N–H and O–H groups in total. The van der Waals surface area contributed by atoms with Gasteiger partial charge in [0.2, 0.25) is 0 Å². The molecule has 0 amide bonds. The lowest BCUT2D eigenvalue weighted by Gasteiger charge is -2.33. The fourth-order valence-electron chi connectivity index (χ4n) is 2.06. The number of morpholine rings is 1. The van der Waals surface area contributed by atoms with Crippen molar-refractivity contribution < 1.29 is 9.47 Å². The van der Waals surface area contributed by atoms with E-state index in [0.29, 0.717) is 6.04 Å². The van der Waals surface area contributed by atoms with Crippen LogP contribution in [-0.4, -0.2) is 37.8 Å². The van der Waals surface area contributed by atoms with E-state index in [0.717, 1.165) is 43.3 Å². The van der Waals surface area contributed by atoms with E-state index < -0.39 is 0 Å². The van der Waals surface area contributed by atoms with E-state index in [1.54, 1.807) is 7.11 Å². The molecule has 1 unspecified atom stereocenters. The molecule has 1 aliphatic heterocycles. The Bertz CT molecular complexity index is 382. The van der Waals surface area contributed by atoms with Crippen LogP contribution in [0.25, 0.3) is 0 Å². The summed E-state index contributed by atoms with van der Waals surface area (Å²) in [4.78, 5) is 2.38. The second-order valence-electron chi connectivity index (χ2n) is 4.46. The summed E-state index contributed by atoms with van der Waals surface area (Å²) in [7, 11) is 1.67. The van der Waals surface area contributed by atoms with Crippen molar-refractivity contribution in [3.05, 3.63) is 23.8 Å². The summed E-state index contributed by atoms with van der Waals surface area (Å²) in [5.41, 5.74) is 7.94. The van der Waals surface area contributed by atoms with E-state index >= 15 is 0 Å². The zero-order valence-corrected chi connectivity index (χ0v) is 10.5. The summed E-state index contributed by atoms with van der Waals surface area (Å²) in [6, 6.07) is 6.24. The quantitative estimate of drug-likeness (QED) is 0.808. The van der Waals surface area contributed by atoms with E-state index in [4.69, 9.17) is 15.2 Å². The van der Waals surface area contributed by atoms with Crippen molar-refractivity contribution in [1.82, 2.24) is 4.90 Å². The number of methoxy groups -OCH3 is 1. The number of nitrogens with two attached hydrogens (primary N) is 1. The molecule has 0 saturated carbocycles. The Hall–Kier alpha value is -1.26. The van der Waals surface area contributed by atoms with E-state index in [1.807, 2.05) is 18.2 Å². The molecule has 4 nitrogen and oxygen atoms in total. The summed E-state index contributed by atoms with van der Waals surface area (Å²) in [5, 5.41) is 0. The van der Waals surface area contributed by atoms with E-state index in [2.05, 4.69) is 11.8 Å². The molecular weight excluding hydrogens is 216 g/mol. The fraction of sp³-hybridized carbons (Fsp3) is 0.538. The van der Waals surface area contributed by atoms with Gasteiger partial charge >= 0.3 is 0 Å². The highest BCUT2D eigenvalue weighted by atomic mass is 16.5. The first kappa shape index (κ1) is 12.2. The van der Waals surface area contributed by atoms with Gasteiger partial charge in [-0.15, -0.1) is 0 Å². The van der Waals surface area contributed by atoms with E-state index in [9.17, 15) is 0 Å². The van der Waals surface area contributed by atoms with Crippen LogP contribution in [0.2, 0.25) is 0 Å². The van der Waals surface area contributed by atoms with Crippen LogP contribution >= 0.6 is 0 Å². The average Bonchev–Trinajstić information content (AvgIpc) is 2.35. The summed E-state index contributed by atoms with van der Waals surface area (Å²) in [6.07, 6.45) is 0. The number of benzene rings is 1. The first-order chi connectivity index (χ1) is 8.20. The number of nitrogen functional groups attached to an aromatic ring is 1. The molecule has 0 bridgehead atoms. The zero-order chi connectivity index (χ0) is 12.3. The van der Waals surface area contributed by atoms with Gasteiger partial charge in [0, 0.05) is 24.8 Å². The Morgan fingerprint density at radius 1 is 1.53 bits per heavy atom. The lowest BCUT2D eigenvalue weighted by atomic mass is 10.1. The number of hydrogen-bond donors (Lipinski definition) is 1. The van der Waals surface area contributed by atoms with Gasteiger partial charge in [0.25, 0.3) is 0 Å². The lowest BCUT2D eigenvalue weighted by Crippen LogP contribution is -2.43. The Labute approximate surface area is 102 Å². The number of nitrogens with zero attached hydrogens (tertiary/aromatic N) is 1. The summed E-state index contributed by atoms with van der Waals surface area (Å²) < 4.78 is 10.7. The monoisotopic (exact) mass is 236 g/mol. The molecule has 1 atom stereocenters. The van der Waals surface area contributed by atoms with Crippen molar-refractivity contribution in [3.63, 3.8) is 0 Å². The maximum Gasteiger partial charge on any atom is 0.119 e. The summed E-state index contributed by atoms with van der Waals surface area (Å²) >= 11 is 0. The van der Waals surface area contributed by atoms with Crippen LogP contribution in [0.1, 0.15) is 12.5 Å². The van der Waals surface area contributed by atoms with Gasteiger partial charge in [-0.2, -0.15) is 0 Å². The Morgan fingerprint density at radius 3 is 3.06 bits per heavy atom. The van der Waals surface area contributed by atoms with Gasteiger partial charge in [-0.05, 0) is 30.7 Å². The van der Waals surface area contributed by atoms with Crippen LogP contribution in [0, 0.1) is 0 Å². The van der Waals surface area contributed by atoms with Crippen LogP contribution in [0.5, 0.6) is 5.75 Å². The second kappa shape index (κ2) is 5.38. The highest BCUT2D eigenvalue weighted by Crippen LogP contribution is 2.22. The van der Waals surface area contributed by atoms with Gasteiger partial charge in [-0.25, -0.2) is 0 Å². The highest BCUT2D eigenvalue weighted by molar-refractivity contribution is 5.50. The average molecular weight is 236 g/mol. The Morgan fingerprint density at radius 2 is 2.35 bits per heavy atom. The first-order valence-electron chi connectivity index (χ1n) is 5.95. The third-order valence-corrected chi connectivity index (χ3v) is 3.23. The topological polar surface area (TPSA) is 47.7 Å². The van der Waals surface area contributed by atoms with Gasteiger partial charge in [0.05, 0.1) is 20.3 Å². The summed E-state index contributed by atoms with van der Waals surface area (Å²) in [5.74, 6) is 0.857. The van der Waals surface area contributed by atoms with Gasteiger partial charge in [-0.3, -0.25) is 4.90 Å². The fourth-order valence-corrected chi connectivity index (χ4v) is 2.06.